The smallest absolute Gasteiger partial charge is 0.335 e. The SMILES string of the molecule is C/C(=C\c1ccc(C(=O)O)cc1)c1ccc2c(c1)CCC(C)(C)CS2. The highest BCUT2D eigenvalue weighted by atomic mass is 32.2. The minimum atomic E-state index is -0.890. The molecule has 1 N–H and O–H groups in total. The van der Waals surface area contributed by atoms with Crippen molar-refractivity contribution in [3.05, 3.63) is 64.7 Å². The van der Waals surface area contributed by atoms with Gasteiger partial charge in [0.05, 0.1) is 5.56 Å². The van der Waals surface area contributed by atoms with Gasteiger partial charge in [-0.1, -0.05) is 44.2 Å². The number of fused-ring (bicyclic) bond motifs is 1. The number of aromatic carboxylic acids is 1. The number of carboxylic acids is 1. The lowest BCUT2D eigenvalue weighted by molar-refractivity contribution is 0.0697. The van der Waals surface area contributed by atoms with E-state index < -0.39 is 5.97 Å². The first-order chi connectivity index (χ1) is 11.8. The highest BCUT2D eigenvalue weighted by Crippen LogP contribution is 2.38. The first-order valence-electron chi connectivity index (χ1n) is 8.62. The standard InChI is InChI=1S/C22H24O2S/c1-15(12-16-4-6-17(7-5-16)21(23)24)18-8-9-20-19(13-18)10-11-22(2,3)14-25-20/h4-9,12-13H,10-11,14H2,1-3H3,(H,23,24)/b15-12+. The molecule has 0 spiro atoms. The van der Waals surface area contributed by atoms with Crippen LogP contribution in [-0.4, -0.2) is 16.8 Å². The van der Waals surface area contributed by atoms with Crippen LogP contribution in [0.4, 0.5) is 0 Å². The molecule has 3 heteroatoms. The van der Waals surface area contributed by atoms with Crippen molar-refractivity contribution in [3.63, 3.8) is 0 Å². The van der Waals surface area contributed by atoms with E-state index in [-0.39, 0.29) is 0 Å². The molecular weight excluding hydrogens is 328 g/mol. The predicted octanol–water partition coefficient (Wildman–Crippen LogP) is 6.01. The number of thioether (sulfide) groups is 1. The number of hydrogen-bond acceptors (Lipinski definition) is 2. The van der Waals surface area contributed by atoms with Crippen LogP contribution in [0.15, 0.2) is 47.4 Å². The summed E-state index contributed by atoms with van der Waals surface area (Å²) < 4.78 is 0. The fourth-order valence-electron chi connectivity index (χ4n) is 3.03. The second kappa shape index (κ2) is 7.09. The Hall–Kier alpha value is -2.00. The molecule has 0 unspecified atom stereocenters. The summed E-state index contributed by atoms with van der Waals surface area (Å²) in [5.74, 6) is 0.280. The number of carboxylic acid groups (broad SMARTS) is 1. The zero-order valence-corrected chi connectivity index (χ0v) is 15.8. The van der Waals surface area contributed by atoms with Gasteiger partial charge in [-0.15, -0.1) is 11.8 Å². The first kappa shape index (κ1) is 17.8. The first-order valence-corrected chi connectivity index (χ1v) is 9.60. The van der Waals surface area contributed by atoms with E-state index in [1.54, 1.807) is 12.1 Å². The Bertz CT molecular complexity index is 816. The molecule has 0 bridgehead atoms. The average molecular weight is 352 g/mol. The molecule has 25 heavy (non-hydrogen) atoms. The predicted molar refractivity (Wildman–Crippen MR) is 106 cm³/mol. The lowest BCUT2D eigenvalue weighted by Crippen LogP contribution is -2.13. The summed E-state index contributed by atoms with van der Waals surface area (Å²) in [4.78, 5) is 12.4. The zero-order valence-electron chi connectivity index (χ0n) is 15.0. The number of benzene rings is 2. The zero-order chi connectivity index (χ0) is 18.0. The molecule has 0 amide bonds. The Morgan fingerprint density at radius 2 is 1.80 bits per heavy atom. The van der Waals surface area contributed by atoms with Crippen LogP contribution in [0.25, 0.3) is 11.6 Å². The number of aryl methyl sites for hydroxylation is 1. The summed E-state index contributed by atoms with van der Waals surface area (Å²) in [6, 6.07) is 13.8. The molecule has 2 aromatic rings. The van der Waals surface area contributed by atoms with Crippen LogP contribution < -0.4 is 0 Å². The summed E-state index contributed by atoms with van der Waals surface area (Å²) in [5.41, 5.74) is 5.61. The Balaban J connectivity index is 1.84. The van der Waals surface area contributed by atoms with E-state index in [0.29, 0.717) is 11.0 Å². The molecule has 0 aromatic heterocycles. The lowest BCUT2D eigenvalue weighted by Gasteiger charge is -2.20. The van der Waals surface area contributed by atoms with Crippen LogP contribution in [0, 0.1) is 5.41 Å². The molecule has 0 fully saturated rings. The van der Waals surface area contributed by atoms with Crippen LogP contribution in [-0.2, 0) is 6.42 Å². The molecule has 0 aliphatic carbocycles. The van der Waals surface area contributed by atoms with E-state index >= 15 is 0 Å². The molecule has 130 valence electrons. The number of hydrogen-bond donors (Lipinski definition) is 1. The van der Waals surface area contributed by atoms with Crippen LogP contribution >= 0.6 is 11.8 Å². The van der Waals surface area contributed by atoms with Gasteiger partial charge in [0.15, 0.2) is 0 Å². The molecule has 3 rings (SSSR count). The van der Waals surface area contributed by atoms with Crippen LogP contribution in [0.5, 0.6) is 0 Å². The normalized spacial score (nSPS) is 16.8. The van der Waals surface area contributed by atoms with E-state index in [0.717, 1.165) is 12.0 Å². The van der Waals surface area contributed by atoms with Crippen molar-refractivity contribution >= 4 is 29.4 Å². The largest absolute Gasteiger partial charge is 0.478 e. The third-order valence-corrected chi connectivity index (χ3v) is 6.38. The van der Waals surface area contributed by atoms with Gasteiger partial charge in [0.2, 0.25) is 0 Å². The molecule has 1 heterocycles. The maximum absolute atomic E-state index is 10.9. The van der Waals surface area contributed by atoms with Crippen LogP contribution in [0.1, 0.15) is 54.2 Å². The van der Waals surface area contributed by atoms with Crippen molar-refractivity contribution in [2.24, 2.45) is 5.41 Å². The Kier molecular flexibility index (Phi) is 5.05. The highest BCUT2D eigenvalue weighted by molar-refractivity contribution is 7.99. The van der Waals surface area contributed by atoms with Crippen molar-refractivity contribution < 1.29 is 9.90 Å². The van der Waals surface area contributed by atoms with Crippen molar-refractivity contribution in [2.75, 3.05) is 5.75 Å². The van der Waals surface area contributed by atoms with Crippen LogP contribution in [0.2, 0.25) is 0 Å². The van der Waals surface area contributed by atoms with Gasteiger partial charge in [0.1, 0.15) is 0 Å². The summed E-state index contributed by atoms with van der Waals surface area (Å²) in [7, 11) is 0. The molecule has 2 aromatic carbocycles. The second-order valence-corrected chi connectivity index (χ2v) is 8.55. The quantitative estimate of drug-likeness (QED) is 0.687. The van der Waals surface area contributed by atoms with Crippen molar-refractivity contribution in [2.45, 2.75) is 38.5 Å². The van der Waals surface area contributed by atoms with Gasteiger partial charge in [-0.3, -0.25) is 0 Å². The highest BCUT2D eigenvalue weighted by Gasteiger charge is 2.23. The summed E-state index contributed by atoms with van der Waals surface area (Å²) in [6.07, 6.45) is 4.46. The molecule has 2 nitrogen and oxygen atoms in total. The van der Waals surface area contributed by atoms with Gasteiger partial charge in [0.25, 0.3) is 0 Å². The number of carbonyl (C=O) groups is 1. The second-order valence-electron chi connectivity index (χ2n) is 7.53. The van der Waals surface area contributed by atoms with E-state index in [4.69, 9.17) is 5.11 Å². The van der Waals surface area contributed by atoms with Crippen molar-refractivity contribution in [3.8, 4) is 0 Å². The molecule has 1 aliphatic rings. The monoisotopic (exact) mass is 352 g/mol. The number of rotatable bonds is 3. The third-order valence-electron chi connectivity index (χ3n) is 4.75. The third kappa shape index (κ3) is 4.35. The molecule has 1 aliphatic heterocycles. The van der Waals surface area contributed by atoms with Gasteiger partial charge < -0.3 is 5.11 Å². The van der Waals surface area contributed by atoms with Crippen molar-refractivity contribution in [1.82, 2.24) is 0 Å². The number of allylic oxidation sites excluding steroid dienone is 1. The van der Waals surface area contributed by atoms with Crippen molar-refractivity contribution in [1.29, 1.82) is 0 Å². The lowest BCUT2D eigenvalue weighted by atomic mass is 9.88. The molecular formula is C22H24O2S. The van der Waals surface area contributed by atoms with E-state index in [9.17, 15) is 4.79 Å². The molecule has 0 atom stereocenters. The maximum Gasteiger partial charge on any atom is 0.335 e. The maximum atomic E-state index is 10.9. The van der Waals surface area contributed by atoms with Crippen LogP contribution in [0.3, 0.4) is 0 Å². The summed E-state index contributed by atoms with van der Waals surface area (Å²) in [5, 5.41) is 8.99. The van der Waals surface area contributed by atoms with E-state index in [1.165, 1.54) is 33.8 Å². The van der Waals surface area contributed by atoms with Gasteiger partial charge in [-0.05, 0) is 65.6 Å². The van der Waals surface area contributed by atoms with Gasteiger partial charge in [-0.2, -0.15) is 0 Å². The van der Waals surface area contributed by atoms with Gasteiger partial charge in [-0.25, -0.2) is 4.79 Å². The molecule has 0 saturated carbocycles. The van der Waals surface area contributed by atoms with Gasteiger partial charge >= 0.3 is 5.97 Å². The Morgan fingerprint density at radius 3 is 2.48 bits per heavy atom. The summed E-state index contributed by atoms with van der Waals surface area (Å²) in [6.45, 7) is 6.80. The van der Waals surface area contributed by atoms with E-state index in [2.05, 4.69) is 45.0 Å². The average Bonchev–Trinajstić information content (AvgIpc) is 2.73. The fraction of sp³-hybridized carbons (Fsp3) is 0.318. The minimum Gasteiger partial charge on any atom is -0.478 e. The Labute approximate surface area is 154 Å². The fourth-order valence-corrected chi connectivity index (χ4v) is 4.24. The minimum absolute atomic E-state index is 0.319. The molecule has 0 saturated heterocycles. The summed E-state index contributed by atoms with van der Waals surface area (Å²) >= 11 is 1.97. The van der Waals surface area contributed by atoms with E-state index in [1.807, 2.05) is 23.9 Å². The van der Waals surface area contributed by atoms with Gasteiger partial charge in [0, 0.05) is 10.6 Å². The Morgan fingerprint density at radius 1 is 1.12 bits per heavy atom. The topological polar surface area (TPSA) is 37.3 Å². The molecule has 0 radical (unpaired) electrons.